The first-order valence-corrected chi connectivity index (χ1v) is 9.85. The lowest BCUT2D eigenvalue weighted by Crippen LogP contribution is -2.10. The van der Waals surface area contributed by atoms with Crippen molar-refractivity contribution >= 4 is 7.82 Å². The van der Waals surface area contributed by atoms with Gasteiger partial charge in [0.1, 0.15) is 5.75 Å². The van der Waals surface area contributed by atoms with Gasteiger partial charge in [-0.1, -0.05) is 32.0 Å². The van der Waals surface area contributed by atoms with Crippen LogP contribution < -0.4 is 4.74 Å². The lowest BCUT2D eigenvalue weighted by Gasteiger charge is -2.23. The molecule has 2 N–H and O–H groups in total. The predicted molar refractivity (Wildman–Crippen MR) is 87.3 cm³/mol. The molecule has 0 radical (unpaired) electrons. The predicted octanol–water partition coefficient (Wildman–Crippen LogP) is 4.16. The fraction of sp³-hybridized carbons (Fsp3) is 0.647. The van der Waals surface area contributed by atoms with E-state index in [1.54, 1.807) is 0 Å². The molecule has 2 aliphatic rings. The van der Waals surface area contributed by atoms with Crippen molar-refractivity contribution in [2.75, 3.05) is 6.79 Å². The Morgan fingerprint density at radius 3 is 1.96 bits per heavy atom. The van der Waals surface area contributed by atoms with Crippen molar-refractivity contribution in [2.24, 2.45) is 11.8 Å². The van der Waals surface area contributed by atoms with Crippen LogP contribution in [0.25, 0.3) is 0 Å². The normalized spacial score (nSPS) is 21.0. The molecule has 2 fully saturated rings. The van der Waals surface area contributed by atoms with Gasteiger partial charge >= 0.3 is 7.82 Å². The Hall–Kier alpha value is -0.870. The zero-order valence-electron chi connectivity index (χ0n) is 13.6. The first kappa shape index (κ1) is 17.0. The molecule has 0 aromatic heterocycles. The molecular weight excluding hydrogens is 315 g/mol. The van der Waals surface area contributed by atoms with Crippen LogP contribution in [0.15, 0.2) is 18.2 Å². The highest BCUT2D eigenvalue weighted by molar-refractivity contribution is 7.46. The molecule has 3 rings (SSSR count). The summed E-state index contributed by atoms with van der Waals surface area (Å²) in [6, 6.07) is 6.21. The van der Waals surface area contributed by atoms with E-state index in [9.17, 15) is 4.57 Å². The van der Waals surface area contributed by atoms with Crippen molar-refractivity contribution in [3.8, 4) is 5.75 Å². The number of hydrogen-bond acceptors (Lipinski definition) is 3. The molecule has 0 bridgehead atoms. The van der Waals surface area contributed by atoms with Gasteiger partial charge in [0.15, 0.2) is 6.79 Å². The molecule has 2 atom stereocenters. The Balaban J connectivity index is 1.85. The minimum atomic E-state index is -4.52. The molecule has 1 aromatic rings. The Kier molecular flexibility index (Phi) is 4.84. The summed E-state index contributed by atoms with van der Waals surface area (Å²) in [6.07, 6.45) is 4.95. The second-order valence-electron chi connectivity index (χ2n) is 6.90. The fourth-order valence-corrected chi connectivity index (χ4v) is 3.50. The molecule has 5 nitrogen and oxygen atoms in total. The second-order valence-corrected chi connectivity index (χ2v) is 8.14. The topological polar surface area (TPSA) is 76.0 Å². The lowest BCUT2D eigenvalue weighted by atomic mass is 9.88. The van der Waals surface area contributed by atoms with E-state index in [1.165, 1.54) is 25.7 Å². The van der Waals surface area contributed by atoms with E-state index in [0.29, 0.717) is 23.7 Å². The van der Waals surface area contributed by atoms with Crippen molar-refractivity contribution in [2.45, 2.75) is 51.4 Å². The van der Waals surface area contributed by atoms with E-state index >= 15 is 0 Å². The van der Waals surface area contributed by atoms with Crippen LogP contribution in [0.3, 0.4) is 0 Å². The third-order valence-electron chi connectivity index (χ3n) is 5.14. The Morgan fingerprint density at radius 2 is 1.57 bits per heavy atom. The molecule has 0 spiro atoms. The average molecular weight is 340 g/mol. The van der Waals surface area contributed by atoms with Crippen LogP contribution in [0, 0.1) is 11.8 Å². The quantitative estimate of drug-likeness (QED) is 0.549. The highest BCUT2D eigenvalue weighted by Crippen LogP contribution is 2.50. The third kappa shape index (κ3) is 4.36. The molecule has 6 heteroatoms. The number of hydrogen-bond donors (Lipinski definition) is 2. The van der Waals surface area contributed by atoms with Gasteiger partial charge in [0.2, 0.25) is 0 Å². The molecule has 2 saturated carbocycles. The molecule has 0 heterocycles. The zero-order valence-corrected chi connectivity index (χ0v) is 14.5. The van der Waals surface area contributed by atoms with Crippen LogP contribution in [0.5, 0.6) is 5.75 Å². The Labute approximate surface area is 137 Å². The van der Waals surface area contributed by atoms with E-state index < -0.39 is 14.6 Å². The van der Waals surface area contributed by atoms with Gasteiger partial charge in [-0.15, -0.1) is 0 Å². The van der Waals surface area contributed by atoms with Crippen LogP contribution in [0.1, 0.15) is 62.5 Å². The third-order valence-corrected chi connectivity index (χ3v) is 5.58. The van der Waals surface area contributed by atoms with Gasteiger partial charge in [0.25, 0.3) is 0 Å². The van der Waals surface area contributed by atoms with Gasteiger partial charge in [0.05, 0.1) is 0 Å². The molecule has 0 aliphatic heterocycles. The van der Waals surface area contributed by atoms with Gasteiger partial charge in [0, 0.05) is 0 Å². The number of para-hydroxylation sites is 1. The maximum absolute atomic E-state index is 10.9. The highest BCUT2D eigenvalue weighted by atomic mass is 31.2. The SMILES string of the molecule is CC(c1cccc(C(C)C2CC2)c1OCOP(=O)(O)O)C1CC1. The molecular formula is C17H25O5P. The highest BCUT2D eigenvalue weighted by Gasteiger charge is 2.34. The number of phosphoric ester groups is 1. The summed E-state index contributed by atoms with van der Waals surface area (Å²) < 4.78 is 21.1. The minimum Gasteiger partial charge on any atom is -0.466 e. The van der Waals surface area contributed by atoms with Crippen LogP contribution in [0.2, 0.25) is 0 Å². The molecule has 0 amide bonds. The first-order chi connectivity index (χ1) is 10.9. The maximum atomic E-state index is 10.9. The van der Waals surface area contributed by atoms with Gasteiger partial charge in [-0.3, -0.25) is 0 Å². The minimum absolute atomic E-state index is 0.395. The molecule has 2 unspecified atom stereocenters. The molecule has 2 aliphatic carbocycles. The standard InChI is InChI=1S/C17H25O5P/c1-11(13-6-7-13)15-4-3-5-16(12(2)14-8-9-14)17(15)21-10-22-23(18,19)20/h3-5,11-14H,6-10H2,1-2H3,(H2,18,19,20). The van der Waals surface area contributed by atoms with Gasteiger partial charge in [-0.25, -0.2) is 9.09 Å². The first-order valence-electron chi connectivity index (χ1n) is 8.32. The summed E-state index contributed by atoms with van der Waals surface area (Å²) in [5, 5.41) is 0. The fourth-order valence-electron chi connectivity index (χ4n) is 3.31. The molecule has 0 saturated heterocycles. The number of benzene rings is 1. The van der Waals surface area contributed by atoms with E-state index in [-0.39, 0.29) is 0 Å². The van der Waals surface area contributed by atoms with Crippen LogP contribution in [-0.4, -0.2) is 16.6 Å². The molecule has 23 heavy (non-hydrogen) atoms. The molecule has 128 valence electrons. The largest absolute Gasteiger partial charge is 0.472 e. The van der Waals surface area contributed by atoms with Crippen LogP contribution >= 0.6 is 7.82 Å². The zero-order chi connectivity index (χ0) is 16.6. The average Bonchev–Trinajstić information content (AvgIpc) is 3.38. The number of rotatable bonds is 8. The van der Waals surface area contributed by atoms with Crippen molar-refractivity contribution < 1.29 is 23.6 Å². The molecule has 1 aromatic carbocycles. The van der Waals surface area contributed by atoms with Gasteiger partial charge < -0.3 is 14.5 Å². The van der Waals surface area contributed by atoms with E-state index in [1.807, 2.05) is 0 Å². The lowest BCUT2D eigenvalue weighted by molar-refractivity contribution is 0.0807. The summed E-state index contributed by atoms with van der Waals surface area (Å²) in [5.74, 6) is 2.93. The Bertz CT molecular complexity index is 567. The summed E-state index contributed by atoms with van der Waals surface area (Å²) in [7, 11) is -4.52. The Morgan fingerprint density at radius 1 is 1.09 bits per heavy atom. The van der Waals surface area contributed by atoms with Crippen LogP contribution in [0.4, 0.5) is 0 Å². The summed E-state index contributed by atoms with van der Waals surface area (Å²) in [4.78, 5) is 17.7. The number of ether oxygens (including phenoxy) is 1. The van der Waals surface area contributed by atoms with Gasteiger partial charge in [-0.05, 0) is 60.5 Å². The van der Waals surface area contributed by atoms with Crippen molar-refractivity contribution in [3.05, 3.63) is 29.3 Å². The van der Waals surface area contributed by atoms with Crippen molar-refractivity contribution in [3.63, 3.8) is 0 Å². The van der Waals surface area contributed by atoms with Gasteiger partial charge in [-0.2, -0.15) is 0 Å². The van der Waals surface area contributed by atoms with E-state index in [2.05, 4.69) is 36.6 Å². The number of phosphoric acid groups is 1. The van der Waals surface area contributed by atoms with E-state index in [0.717, 1.165) is 16.9 Å². The van der Waals surface area contributed by atoms with Crippen LogP contribution in [-0.2, 0) is 9.09 Å². The maximum Gasteiger partial charge on any atom is 0.472 e. The summed E-state index contributed by atoms with van der Waals surface area (Å²) >= 11 is 0. The monoisotopic (exact) mass is 340 g/mol. The van der Waals surface area contributed by atoms with Crippen molar-refractivity contribution in [1.82, 2.24) is 0 Å². The van der Waals surface area contributed by atoms with Crippen molar-refractivity contribution in [1.29, 1.82) is 0 Å². The summed E-state index contributed by atoms with van der Waals surface area (Å²) in [5.41, 5.74) is 2.26. The second kappa shape index (κ2) is 6.56. The van der Waals surface area contributed by atoms with E-state index in [4.69, 9.17) is 14.5 Å². The smallest absolute Gasteiger partial charge is 0.466 e. The summed E-state index contributed by atoms with van der Waals surface area (Å²) in [6.45, 7) is 3.98.